The van der Waals surface area contributed by atoms with Crippen LogP contribution in [0.25, 0.3) is 0 Å². The third kappa shape index (κ3) is 12.0. The molecule has 2 heteroatoms. The third-order valence-corrected chi connectivity index (χ3v) is 2.73. The molecular formula is C14H32N2. The highest BCUT2D eigenvalue weighted by atomic mass is 15.1. The Balaban J connectivity index is 3.16. The molecule has 0 aliphatic heterocycles. The van der Waals surface area contributed by atoms with Gasteiger partial charge in [-0.3, -0.25) is 0 Å². The molecule has 0 aromatic carbocycles. The summed E-state index contributed by atoms with van der Waals surface area (Å²) in [5.41, 5.74) is 0.279. The minimum absolute atomic E-state index is 0.279. The number of nitrogens with one attached hydrogen (secondary N) is 1. The van der Waals surface area contributed by atoms with Gasteiger partial charge in [0.1, 0.15) is 0 Å². The molecule has 0 radical (unpaired) electrons. The van der Waals surface area contributed by atoms with Crippen LogP contribution in [0, 0.1) is 0 Å². The molecule has 1 N–H and O–H groups in total. The zero-order valence-corrected chi connectivity index (χ0v) is 12.1. The molecule has 0 unspecified atom stereocenters. The molecule has 0 aromatic heterocycles. The summed E-state index contributed by atoms with van der Waals surface area (Å²) in [4.78, 5) is 2.44. The summed E-state index contributed by atoms with van der Waals surface area (Å²) >= 11 is 0. The first kappa shape index (κ1) is 15.9. The predicted octanol–water partition coefficient (Wildman–Crippen LogP) is 3.28. The van der Waals surface area contributed by atoms with Gasteiger partial charge < -0.3 is 10.2 Å². The van der Waals surface area contributed by atoms with E-state index in [9.17, 15) is 0 Å². The first-order chi connectivity index (χ1) is 7.45. The number of unbranched alkanes of at least 4 members (excludes halogenated alkanes) is 3. The average Bonchev–Trinajstić information content (AvgIpc) is 2.15. The first-order valence-electron chi connectivity index (χ1n) is 6.89. The maximum absolute atomic E-state index is 3.53. The summed E-state index contributed by atoms with van der Waals surface area (Å²) in [6.45, 7) is 12.6. The van der Waals surface area contributed by atoms with Gasteiger partial charge in [-0.1, -0.05) is 19.8 Å². The molecule has 0 aromatic rings. The van der Waals surface area contributed by atoms with Crippen molar-refractivity contribution in [3.63, 3.8) is 0 Å². The van der Waals surface area contributed by atoms with E-state index in [0.29, 0.717) is 0 Å². The molecular weight excluding hydrogens is 196 g/mol. The molecule has 98 valence electrons. The van der Waals surface area contributed by atoms with E-state index in [0.717, 1.165) is 6.54 Å². The molecule has 0 atom stereocenters. The second-order valence-electron chi connectivity index (χ2n) is 5.89. The Morgan fingerprint density at radius 1 is 0.938 bits per heavy atom. The van der Waals surface area contributed by atoms with Crippen LogP contribution in [0.2, 0.25) is 0 Å². The first-order valence-corrected chi connectivity index (χ1v) is 6.89. The van der Waals surface area contributed by atoms with Crippen molar-refractivity contribution in [1.29, 1.82) is 0 Å². The fourth-order valence-electron chi connectivity index (χ4n) is 1.82. The Kier molecular flexibility index (Phi) is 8.96. The molecule has 0 spiro atoms. The zero-order chi connectivity index (χ0) is 12.4. The molecule has 0 aliphatic carbocycles. The number of nitrogens with zero attached hydrogens (tertiary/aromatic N) is 1. The number of hydrogen-bond acceptors (Lipinski definition) is 2. The van der Waals surface area contributed by atoms with Gasteiger partial charge in [0.15, 0.2) is 0 Å². The maximum atomic E-state index is 3.53. The van der Waals surface area contributed by atoms with E-state index in [4.69, 9.17) is 0 Å². The van der Waals surface area contributed by atoms with E-state index < -0.39 is 0 Å². The summed E-state index contributed by atoms with van der Waals surface area (Å²) in [6, 6.07) is 0. The van der Waals surface area contributed by atoms with Gasteiger partial charge >= 0.3 is 0 Å². The third-order valence-electron chi connectivity index (χ3n) is 2.73. The normalized spacial score (nSPS) is 12.4. The number of hydrogen-bond donors (Lipinski definition) is 1. The van der Waals surface area contributed by atoms with Crippen LogP contribution in [0.1, 0.15) is 59.8 Å². The molecule has 0 heterocycles. The highest BCUT2D eigenvalue weighted by molar-refractivity contribution is 4.69. The van der Waals surface area contributed by atoms with Crippen molar-refractivity contribution in [3.8, 4) is 0 Å². The van der Waals surface area contributed by atoms with Crippen molar-refractivity contribution < 1.29 is 0 Å². The van der Waals surface area contributed by atoms with Gasteiger partial charge in [-0.2, -0.15) is 0 Å². The fraction of sp³-hybridized carbons (Fsp3) is 1.00. The van der Waals surface area contributed by atoms with Crippen LogP contribution in [0.5, 0.6) is 0 Å². The zero-order valence-electron chi connectivity index (χ0n) is 12.1. The molecule has 16 heavy (non-hydrogen) atoms. The molecule has 0 fully saturated rings. The molecule has 0 aliphatic rings. The lowest BCUT2D eigenvalue weighted by Gasteiger charge is -2.20. The standard InChI is InChI=1S/C14H32N2/c1-6-12-16(5)13-10-8-7-9-11-15-14(2,3)4/h15H,6-13H2,1-5H3. The molecule has 0 rings (SSSR count). The molecule has 0 amide bonds. The van der Waals surface area contributed by atoms with Gasteiger partial charge in [0.2, 0.25) is 0 Å². The van der Waals surface area contributed by atoms with Crippen LogP contribution in [0.3, 0.4) is 0 Å². The van der Waals surface area contributed by atoms with E-state index >= 15 is 0 Å². The van der Waals surface area contributed by atoms with Crippen molar-refractivity contribution >= 4 is 0 Å². The molecule has 0 bridgehead atoms. The van der Waals surface area contributed by atoms with Crippen LogP contribution in [-0.2, 0) is 0 Å². The Hall–Kier alpha value is -0.0800. The summed E-state index contributed by atoms with van der Waals surface area (Å²) in [5, 5.41) is 3.53. The van der Waals surface area contributed by atoms with E-state index in [-0.39, 0.29) is 5.54 Å². The monoisotopic (exact) mass is 228 g/mol. The van der Waals surface area contributed by atoms with Crippen LogP contribution < -0.4 is 5.32 Å². The van der Waals surface area contributed by atoms with Crippen molar-refractivity contribution in [2.75, 3.05) is 26.7 Å². The minimum Gasteiger partial charge on any atom is -0.312 e. The Labute approximate surface area is 103 Å². The van der Waals surface area contributed by atoms with E-state index in [2.05, 4.69) is 45.0 Å². The lowest BCUT2D eigenvalue weighted by Crippen LogP contribution is -2.36. The van der Waals surface area contributed by atoms with Gasteiger partial charge in [0, 0.05) is 5.54 Å². The summed E-state index contributed by atoms with van der Waals surface area (Å²) in [5.74, 6) is 0. The maximum Gasteiger partial charge on any atom is 0.00965 e. The van der Waals surface area contributed by atoms with E-state index in [1.54, 1.807) is 0 Å². The van der Waals surface area contributed by atoms with Crippen molar-refractivity contribution in [1.82, 2.24) is 10.2 Å². The molecule has 0 saturated carbocycles. The predicted molar refractivity (Wildman–Crippen MR) is 74.0 cm³/mol. The Morgan fingerprint density at radius 2 is 1.56 bits per heavy atom. The van der Waals surface area contributed by atoms with Crippen LogP contribution in [-0.4, -0.2) is 37.1 Å². The molecule has 2 nitrogen and oxygen atoms in total. The van der Waals surface area contributed by atoms with Gasteiger partial charge in [-0.25, -0.2) is 0 Å². The topological polar surface area (TPSA) is 15.3 Å². The average molecular weight is 228 g/mol. The highest BCUT2D eigenvalue weighted by Gasteiger charge is 2.06. The largest absolute Gasteiger partial charge is 0.312 e. The second kappa shape index (κ2) is 9.00. The lowest BCUT2D eigenvalue weighted by atomic mass is 10.1. The fourth-order valence-corrected chi connectivity index (χ4v) is 1.82. The van der Waals surface area contributed by atoms with Crippen molar-refractivity contribution in [2.24, 2.45) is 0 Å². The van der Waals surface area contributed by atoms with E-state index in [1.807, 2.05) is 0 Å². The quantitative estimate of drug-likeness (QED) is 0.609. The smallest absolute Gasteiger partial charge is 0.00965 e. The highest BCUT2D eigenvalue weighted by Crippen LogP contribution is 2.03. The SMILES string of the molecule is CCCN(C)CCCCCCNC(C)(C)C. The van der Waals surface area contributed by atoms with Crippen LogP contribution in [0.4, 0.5) is 0 Å². The Bertz CT molecular complexity index is 149. The Morgan fingerprint density at radius 3 is 2.12 bits per heavy atom. The van der Waals surface area contributed by atoms with Gasteiger partial charge in [0.05, 0.1) is 0 Å². The van der Waals surface area contributed by atoms with Crippen LogP contribution >= 0.6 is 0 Å². The van der Waals surface area contributed by atoms with Gasteiger partial charge in [-0.15, -0.1) is 0 Å². The van der Waals surface area contributed by atoms with Crippen molar-refractivity contribution in [2.45, 2.75) is 65.3 Å². The summed E-state index contributed by atoms with van der Waals surface area (Å²) in [7, 11) is 2.23. The summed E-state index contributed by atoms with van der Waals surface area (Å²) in [6.07, 6.45) is 6.68. The van der Waals surface area contributed by atoms with Crippen LogP contribution in [0.15, 0.2) is 0 Å². The van der Waals surface area contributed by atoms with E-state index in [1.165, 1.54) is 45.2 Å². The van der Waals surface area contributed by atoms with Gasteiger partial charge in [0.25, 0.3) is 0 Å². The summed E-state index contributed by atoms with van der Waals surface area (Å²) < 4.78 is 0. The second-order valence-corrected chi connectivity index (χ2v) is 5.89. The molecule has 0 saturated heterocycles. The minimum atomic E-state index is 0.279. The lowest BCUT2D eigenvalue weighted by molar-refractivity contribution is 0.323. The van der Waals surface area contributed by atoms with Crippen molar-refractivity contribution in [3.05, 3.63) is 0 Å². The number of rotatable bonds is 9. The van der Waals surface area contributed by atoms with Gasteiger partial charge in [-0.05, 0) is 66.7 Å².